The first kappa shape index (κ1) is 29.2. The third-order valence-electron chi connectivity index (χ3n) is 6.98. The van der Waals surface area contributed by atoms with Crippen molar-refractivity contribution in [3.63, 3.8) is 0 Å². The number of nitrogens with zero attached hydrogens (tertiary/aromatic N) is 4. The lowest BCUT2D eigenvalue weighted by Crippen LogP contribution is -2.60. The van der Waals surface area contributed by atoms with Gasteiger partial charge in [-0.1, -0.05) is 24.8 Å². The Labute approximate surface area is 232 Å². The van der Waals surface area contributed by atoms with E-state index in [1.165, 1.54) is 26.0 Å². The molecule has 2 aromatic carbocycles. The first-order valence-corrected chi connectivity index (χ1v) is 13.0. The number of hydrogen-bond acceptors (Lipinski definition) is 6. The Kier molecular flexibility index (Phi) is 8.01. The first-order valence-electron chi connectivity index (χ1n) is 13.0. The normalized spacial score (nSPS) is 15.5. The zero-order chi connectivity index (χ0) is 29.4. The molecule has 1 aliphatic rings. The highest BCUT2D eigenvalue weighted by atomic mass is 19.3. The summed E-state index contributed by atoms with van der Waals surface area (Å²) in [6.45, 7) is 4.59. The number of carbonyl (C=O) groups is 2. The van der Waals surface area contributed by atoms with E-state index in [1.54, 1.807) is 15.5 Å². The zero-order valence-electron chi connectivity index (χ0n) is 23.5. The van der Waals surface area contributed by atoms with Crippen molar-refractivity contribution in [2.24, 2.45) is 5.41 Å². The Morgan fingerprint density at radius 3 is 2.55 bits per heavy atom. The van der Waals surface area contributed by atoms with Crippen LogP contribution in [0.15, 0.2) is 36.4 Å². The predicted molar refractivity (Wildman–Crippen MR) is 148 cm³/mol. The van der Waals surface area contributed by atoms with Gasteiger partial charge in [0.15, 0.2) is 12.0 Å². The van der Waals surface area contributed by atoms with Gasteiger partial charge in [0.25, 0.3) is 5.91 Å². The minimum atomic E-state index is -3.08. The number of ether oxygens (including phenoxy) is 1. The molecular weight excluding hydrogens is 518 g/mol. The lowest BCUT2D eigenvalue weighted by atomic mass is 9.81. The van der Waals surface area contributed by atoms with Gasteiger partial charge in [-0.3, -0.25) is 19.1 Å². The molecule has 0 bridgehead atoms. The van der Waals surface area contributed by atoms with E-state index in [1.807, 2.05) is 51.0 Å². The summed E-state index contributed by atoms with van der Waals surface area (Å²) in [4.78, 5) is 32.8. The van der Waals surface area contributed by atoms with Crippen molar-refractivity contribution < 1.29 is 28.2 Å². The number of amides is 1. The van der Waals surface area contributed by atoms with Gasteiger partial charge in [0, 0.05) is 24.2 Å². The van der Waals surface area contributed by atoms with Gasteiger partial charge >= 0.3 is 6.61 Å². The smallest absolute Gasteiger partial charge is 0.387 e. The number of likely N-dealkylation sites (tertiary alicyclic amines) is 1. The summed E-state index contributed by atoms with van der Waals surface area (Å²) in [5, 5.41) is 10.0. The number of imidazole rings is 1. The van der Waals surface area contributed by atoms with Crippen LogP contribution in [0.1, 0.15) is 61.9 Å². The summed E-state index contributed by atoms with van der Waals surface area (Å²) >= 11 is 0. The Balaban J connectivity index is 1.84. The van der Waals surface area contributed by atoms with Gasteiger partial charge in [0.1, 0.15) is 17.1 Å². The third-order valence-corrected chi connectivity index (χ3v) is 6.98. The highest BCUT2D eigenvalue weighted by Gasteiger charge is 2.44. The van der Waals surface area contributed by atoms with E-state index in [2.05, 4.69) is 11.8 Å². The van der Waals surface area contributed by atoms with Gasteiger partial charge in [-0.15, -0.1) is 0 Å². The van der Waals surface area contributed by atoms with Crippen molar-refractivity contribution in [1.82, 2.24) is 19.4 Å². The van der Waals surface area contributed by atoms with E-state index in [0.717, 1.165) is 0 Å². The Morgan fingerprint density at radius 2 is 1.98 bits per heavy atom. The molecule has 0 saturated carbocycles. The molecule has 1 fully saturated rings. The van der Waals surface area contributed by atoms with Crippen LogP contribution in [0, 0.1) is 17.3 Å². The van der Waals surface area contributed by atoms with Crippen molar-refractivity contribution in [3.05, 3.63) is 53.3 Å². The lowest BCUT2D eigenvalue weighted by molar-refractivity contribution is -0.156. The van der Waals surface area contributed by atoms with E-state index in [9.17, 15) is 23.5 Å². The summed E-state index contributed by atoms with van der Waals surface area (Å²) in [5.41, 5.74) is 0.349. The molecule has 212 valence electrons. The number of aliphatic hydroxyl groups is 1. The van der Waals surface area contributed by atoms with Gasteiger partial charge in [0.05, 0.1) is 22.5 Å². The molecule has 1 unspecified atom stereocenters. The fraction of sp³-hybridized carbons (Fsp3) is 0.433. The maximum atomic E-state index is 13.4. The monoisotopic (exact) mass is 552 g/mol. The molecule has 1 N–H and O–H groups in total. The molecule has 1 atom stereocenters. The van der Waals surface area contributed by atoms with Gasteiger partial charge in [0.2, 0.25) is 0 Å². The van der Waals surface area contributed by atoms with Gasteiger partial charge in [-0.05, 0) is 71.6 Å². The van der Waals surface area contributed by atoms with Crippen molar-refractivity contribution in [1.29, 1.82) is 0 Å². The number of para-hydroxylation sites is 1. The molecule has 4 rings (SSSR count). The van der Waals surface area contributed by atoms with Crippen LogP contribution in [0.25, 0.3) is 16.7 Å². The molecule has 8 nitrogen and oxygen atoms in total. The molecule has 1 aromatic heterocycles. The van der Waals surface area contributed by atoms with Gasteiger partial charge in [-0.2, -0.15) is 8.78 Å². The second-order valence-electron chi connectivity index (χ2n) is 11.1. The average Bonchev–Trinajstić information content (AvgIpc) is 3.22. The van der Waals surface area contributed by atoms with Crippen LogP contribution in [0.5, 0.6) is 5.75 Å². The molecule has 0 aliphatic carbocycles. The maximum Gasteiger partial charge on any atom is 0.387 e. The predicted octanol–water partition coefficient (Wildman–Crippen LogP) is 4.42. The zero-order valence-corrected chi connectivity index (χ0v) is 23.5. The number of benzene rings is 2. The quantitative estimate of drug-likeness (QED) is 0.329. The van der Waals surface area contributed by atoms with Crippen LogP contribution in [-0.2, 0) is 4.79 Å². The highest BCUT2D eigenvalue weighted by molar-refractivity contribution is 5.88. The second kappa shape index (κ2) is 11.0. The van der Waals surface area contributed by atoms with Crippen LogP contribution in [0.3, 0.4) is 0 Å². The van der Waals surface area contributed by atoms with Crippen LogP contribution in [0.4, 0.5) is 8.78 Å². The Hall–Kier alpha value is -3.81. The number of rotatable bonds is 8. The van der Waals surface area contributed by atoms with E-state index < -0.39 is 17.6 Å². The number of aldehydes is 1. The summed E-state index contributed by atoms with van der Waals surface area (Å²) in [7, 11) is 3.81. The first-order chi connectivity index (χ1) is 18.8. The fourth-order valence-electron chi connectivity index (χ4n) is 5.10. The molecule has 0 radical (unpaired) electrons. The molecule has 2 heterocycles. The van der Waals surface area contributed by atoms with Crippen molar-refractivity contribution in [2.45, 2.75) is 52.4 Å². The van der Waals surface area contributed by atoms with Crippen LogP contribution < -0.4 is 4.74 Å². The Bertz CT molecular complexity index is 1490. The minimum Gasteiger partial charge on any atom is -0.433 e. The molecule has 1 aliphatic heterocycles. The molecule has 1 amide bonds. The number of alkyl halides is 2. The minimum absolute atomic E-state index is 0.135. The van der Waals surface area contributed by atoms with E-state index in [4.69, 9.17) is 9.72 Å². The molecule has 10 heteroatoms. The fourth-order valence-corrected chi connectivity index (χ4v) is 5.10. The SMILES string of the molecule is CCC(c1nc2ccc(C#CC3(C)CN(C(=O)C(C)(C)O)C3)cc2n1-c1c(C=O)cccc1OC(F)F)N(C)C. The second-order valence-corrected chi connectivity index (χ2v) is 11.1. The number of hydrogen-bond donors (Lipinski definition) is 1. The molecule has 1 saturated heterocycles. The highest BCUT2D eigenvalue weighted by Crippen LogP contribution is 2.36. The average molecular weight is 553 g/mol. The molecule has 40 heavy (non-hydrogen) atoms. The standard InChI is InChI=1S/C30H34F2N4O4/c1-7-22(34(5)6)26-33-21-12-11-19(13-14-30(4)17-35(18-30)27(38)29(2,3)39)15-23(21)36(26)25-20(16-37)9-8-10-24(25)40-28(31)32/h8-12,15-16,22,28,39H,7,17-18H2,1-6H3. The van der Waals surface area contributed by atoms with Crippen molar-refractivity contribution >= 4 is 23.2 Å². The Morgan fingerprint density at radius 1 is 1.27 bits per heavy atom. The summed E-state index contributed by atoms with van der Waals surface area (Å²) in [5.74, 6) is 6.53. The van der Waals surface area contributed by atoms with Gasteiger partial charge in [-0.25, -0.2) is 4.98 Å². The number of carbonyl (C=O) groups excluding carboxylic acids is 2. The third kappa shape index (κ3) is 5.71. The van der Waals surface area contributed by atoms with Crippen LogP contribution in [-0.4, -0.2) is 76.0 Å². The van der Waals surface area contributed by atoms with Crippen molar-refractivity contribution in [2.75, 3.05) is 27.2 Å². The summed E-state index contributed by atoms with van der Waals surface area (Å²) < 4.78 is 33.4. The van der Waals surface area contributed by atoms with E-state index >= 15 is 0 Å². The van der Waals surface area contributed by atoms with Crippen molar-refractivity contribution in [3.8, 4) is 23.3 Å². The summed E-state index contributed by atoms with van der Waals surface area (Å²) in [6.07, 6.45) is 1.29. The van der Waals surface area contributed by atoms with E-state index in [-0.39, 0.29) is 28.9 Å². The van der Waals surface area contributed by atoms with Crippen LogP contribution >= 0.6 is 0 Å². The van der Waals surface area contributed by atoms with Gasteiger partial charge < -0.3 is 14.7 Å². The largest absolute Gasteiger partial charge is 0.433 e. The number of fused-ring (bicyclic) bond motifs is 1. The van der Waals surface area contributed by atoms with E-state index in [0.29, 0.717) is 48.2 Å². The number of halogens is 2. The maximum absolute atomic E-state index is 13.4. The lowest BCUT2D eigenvalue weighted by Gasteiger charge is -2.46. The summed E-state index contributed by atoms with van der Waals surface area (Å²) in [6, 6.07) is 9.72. The number of aromatic nitrogens is 2. The molecule has 0 spiro atoms. The molecule has 3 aromatic rings. The van der Waals surface area contributed by atoms with Crippen LogP contribution in [0.2, 0.25) is 0 Å². The topological polar surface area (TPSA) is 87.9 Å². The molecular formula is C30H34F2N4O4.